The average Bonchev–Trinajstić information content (AvgIpc) is 2.63. The number of hydrogen-bond acceptors (Lipinski definition) is 3. The molecule has 1 aliphatic heterocycles. The van der Waals surface area contributed by atoms with Crippen LogP contribution in [-0.2, 0) is 5.41 Å². The molecule has 0 fully saturated rings. The third-order valence-corrected chi connectivity index (χ3v) is 2.74. The van der Waals surface area contributed by atoms with Crippen LogP contribution < -0.4 is 9.47 Å². The number of rotatable bonds is 2. The van der Waals surface area contributed by atoms with Gasteiger partial charge in [0.05, 0.1) is 6.61 Å². The van der Waals surface area contributed by atoms with E-state index in [4.69, 9.17) is 9.47 Å². The molecule has 1 aliphatic rings. The minimum atomic E-state index is -0.302. The second-order valence-corrected chi connectivity index (χ2v) is 4.59. The largest absolute Gasteiger partial charge is 0.454 e. The van der Waals surface area contributed by atoms with Gasteiger partial charge < -0.3 is 14.6 Å². The van der Waals surface area contributed by atoms with Gasteiger partial charge in [-0.1, -0.05) is 19.9 Å². The Labute approximate surface area is 89.6 Å². The fraction of sp³-hybridized carbons (Fsp3) is 0.500. The predicted molar refractivity (Wildman–Crippen MR) is 57.4 cm³/mol. The van der Waals surface area contributed by atoms with Crippen LogP contribution in [0.4, 0.5) is 0 Å². The van der Waals surface area contributed by atoms with Gasteiger partial charge in [-0.25, -0.2) is 0 Å². The Bertz CT molecular complexity index is 383. The third kappa shape index (κ3) is 1.67. The lowest BCUT2D eigenvalue weighted by Gasteiger charge is -2.24. The van der Waals surface area contributed by atoms with Gasteiger partial charge in [-0.3, -0.25) is 0 Å². The van der Waals surface area contributed by atoms with E-state index in [0.717, 1.165) is 22.6 Å². The van der Waals surface area contributed by atoms with Crippen LogP contribution in [0, 0.1) is 6.92 Å². The molecule has 15 heavy (non-hydrogen) atoms. The second-order valence-electron chi connectivity index (χ2n) is 4.59. The fourth-order valence-corrected chi connectivity index (χ4v) is 1.74. The summed E-state index contributed by atoms with van der Waals surface area (Å²) < 4.78 is 10.8. The number of ether oxygens (including phenoxy) is 2. The Morgan fingerprint density at radius 1 is 1.33 bits per heavy atom. The lowest BCUT2D eigenvalue weighted by Crippen LogP contribution is -2.22. The minimum absolute atomic E-state index is 0.0895. The van der Waals surface area contributed by atoms with Crippen LogP contribution in [0.2, 0.25) is 0 Å². The van der Waals surface area contributed by atoms with Gasteiger partial charge in [0.15, 0.2) is 11.5 Å². The molecule has 1 N–H and O–H groups in total. The first-order chi connectivity index (χ1) is 7.04. The molecule has 1 heterocycles. The number of hydrogen-bond donors (Lipinski definition) is 1. The van der Waals surface area contributed by atoms with E-state index in [9.17, 15) is 5.11 Å². The fourth-order valence-electron chi connectivity index (χ4n) is 1.74. The molecule has 0 radical (unpaired) electrons. The minimum Gasteiger partial charge on any atom is -0.454 e. The predicted octanol–water partition coefficient (Wildman–Crippen LogP) is 1.99. The molecule has 1 aromatic rings. The van der Waals surface area contributed by atoms with Crippen LogP contribution in [0.5, 0.6) is 11.5 Å². The maximum absolute atomic E-state index is 9.37. The normalized spacial score (nSPS) is 14.4. The molecular weight excluding hydrogens is 192 g/mol. The van der Waals surface area contributed by atoms with Crippen LogP contribution in [0.15, 0.2) is 12.1 Å². The average molecular weight is 208 g/mol. The maximum Gasteiger partial charge on any atom is 0.231 e. The van der Waals surface area contributed by atoms with Gasteiger partial charge in [0, 0.05) is 11.0 Å². The van der Waals surface area contributed by atoms with Crippen LogP contribution in [-0.4, -0.2) is 18.5 Å². The highest BCUT2D eigenvalue weighted by molar-refractivity contribution is 5.53. The molecule has 0 bridgehead atoms. The highest BCUT2D eigenvalue weighted by Crippen LogP contribution is 2.42. The summed E-state index contributed by atoms with van der Waals surface area (Å²) in [5.41, 5.74) is 1.83. The van der Waals surface area contributed by atoms with E-state index in [1.54, 1.807) is 0 Å². The maximum atomic E-state index is 9.37. The molecule has 3 heteroatoms. The van der Waals surface area contributed by atoms with Crippen molar-refractivity contribution in [2.45, 2.75) is 26.2 Å². The Kier molecular flexibility index (Phi) is 2.35. The Balaban J connectivity index is 2.56. The molecule has 1 aromatic carbocycles. The standard InChI is InChI=1S/C12H16O3/c1-8-4-9(12(2,3)6-13)11-10(5-8)14-7-15-11/h4-5,13H,6-7H2,1-3H3. The smallest absolute Gasteiger partial charge is 0.231 e. The summed E-state index contributed by atoms with van der Waals surface area (Å²) >= 11 is 0. The first-order valence-corrected chi connectivity index (χ1v) is 5.06. The van der Waals surface area contributed by atoms with E-state index in [1.807, 2.05) is 32.9 Å². The van der Waals surface area contributed by atoms with Gasteiger partial charge in [-0.15, -0.1) is 0 Å². The van der Waals surface area contributed by atoms with E-state index in [1.165, 1.54) is 0 Å². The summed E-state index contributed by atoms with van der Waals surface area (Å²) in [6, 6.07) is 4.00. The molecule has 2 rings (SSSR count). The number of aliphatic hydroxyl groups excluding tert-OH is 1. The highest BCUT2D eigenvalue weighted by Gasteiger charge is 2.29. The summed E-state index contributed by atoms with van der Waals surface area (Å²) in [5, 5.41) is 9.37. The van der Waals surface area contributed by atoms with Crippen molar-refractivity contribution in [2.24, 2.45) is 0 Å². The number of aryl methyl sites for hydroxylation is 1. The van der Waals surface area contributed by atoms with Gasteiger partial charge in [-0.05, 0) is 18.6 Å². The van der Waals surface area contributed by atoms with Crippen LogP contribution in [0.1, 0.15) is 25.0 Å². The first kappa shape index (κ1) is 10.3. The summed E-state index contributed by atoms with van der Waals surface area (Å²) in [4.78, 5) is 0. The molecule has 3 nitrogen and oxygen atoms in total. The van der Waals surface area contributed by atoms with Gasteiger partial charge in [0.1, 0.15) is 0 Å². The Morgan fingerprint density at radius 3 is 2.73 bits per heavy atom. The van der Waals surface area contributed by atoms with Crippen molar-refractivity contribution in [3.8, 4) is 11.5 Å². The summed E-state index contributed by atoms with van der Waals surface area (Å²) in [6.07, 6.45) is 0. The van der Waals surface area contributed by atoms with Crippen molar-refractivity contribution in [2.75, 3.05) is 13.4 Å². The zero-order valence-electron chi connectivity index (χ0n) is 9.33. The van der Waals surface area contributed by atoms with Crippen molar-refractivity contribution >= 4 is 0 Å². The monoisotopic (exact) mass is 208 g/mol. The second kappa shape index (κ2) is 3.42. The molecule has 0 amide bonds. The molecule has 0 aliphatic carbocycles. The molecule has 0 saturated carbocycles. The quantitative estimate of drug-likeness (QED) is 0.807. The number of benzene rings is 1. The zero-order valence-corrected chi connectivity index (χ0v) is 9.33. The van der Waals surface area contributed by atoms with Crippen molar-refractivity contribution in [3.05, 3.63) is 23.3 Å². The lowest BCUT2D eigenvalue weighted by molar-refractivity contribution is 0.169. The van der Waals surface area contributed by atoms with E-state index < -0.39 is 0 Å². The summed E-state index contributed by atoms with van der Waals surface area (Å²) in [6.45, 7) is 6.35. The van der Waals surface area contributed by atoms with Gasteiger partial charge in [0.25, 0.3) is 0 Å². The topological polar surface area (TPSA) is 38.7 Å². The molecule has 0 unspecified atom stereocenters. The molecule has 82 valence electrons. The van der Waals surface area contributed by atoms with Crippen LogP contribution in [0.25, 0.3) is 0 Å². The molecule has 0 spiro atoms. The molecule has 0 aromatic heterocycles. The Hall–Kier alpha value is -1.22. The van der Waals surface area contributed by atoms with E-state index in [2.05, 4.69) is 0 Å². The van der Waals surface area contributed by atoms with Crippen LogP contribution >= 0.6 is 0 Å². The van der Waals surface area contributed by atoms with E-state index in [-0.39, 0.29) is 18.8 Å². The van der Waals surface area contributed by atoms with Gasteiger partial charge >= 0.3 is 0 Å². The van der Waals surface area contributed by atoms with Crippen molar-refractivity contribution in [1.29, 1.82) is 0 Å². The van der Waals surface area contributed by atoms with Crippen molar-refractivity contribution < 1.29 is 14.6 Å². The van der Waals surface area contributed by atoms with Gasteiger partial charge in [0.2, 0.25) is 6.79 Å². The summed E-state index contributed by atoms with van der Waals surface area (Å²) in [5.74, 6) is 1.56. The third-order valence-electron chi connectivity index (χ3n) is 2.74. The van der Waals surface area contributed by atoms with E-state index in [0.29, 0.717) is 0 Å². The van der Waals surface area contributed by atoms with Crippen LogP contribution in [0.3, 0.4) is 0 Å². The first-order valence-electron chi connectivity index (χ1n) is 5.06. The SMILES string of the molecule is Cc1cc2c(c(C(C)(C)CO)c1)OCO2. The lowest BCUT2D eigenvalue weighted by atomic mass is 9.84. The highest BCUT2D eigenvalue weighted by atomic mass is 16.7. The molecular formula is C12H16O3. The van der Waals surface area contributed by atoms with Crippen molar-refractivity contribution in [3.63, 3.8) is 0 Å². The number of fused-ring (bicyclic) bond motifs is 1. The van der Waals surface area contributed by atoms with Gasteiger partial charge in [-0.2, -0.15) is 0 Å². The number of aliphatic hydroxyl groups is 1. The summed E-state index contributed by atoms with van der Waals surface area (Å²) in [7, 11) is 0. The Morgan fingerprint density at radius 2 is 2.07 bits per heavy atom. The molecule has 0 atom stereocenters. The van der Waals surface area contributed by atoms with E-state index >= 15 is 0 Å². The zero-order chi connectivity index (χ0) is 11.1. The molecule has 0 saturated heterocycles. The van der Waals surface area contributed by atoms with Crippen molar-refractivity contribution in [1.82, 2.24) is 0 Å².